The van der Waals surface area contributed by atoms with Crippen LogP contribution < -0.4 is 4.90 Å². The molecular formula is C13H20ClNO2S. The van der Waals surface area contributed by atoms with E-state index in [2.05, 4.69) is 4.90 Å². The van der Waals surface area contributed by atoms with Gasteiger partial charge in [-0.15, -0.1) is 11.6 Å². The Bertz CT molecular complexity index is 468. The third-order valence-electron chi connectivity index (χ3n) is 2.88. The minimum Gasteiger partial charge on any atom is -0.375 e. The van der Waals surface area contributed by atoms with Crippen molar-refractivity contribution in [3.8, 4) is 0 Å². The van der Waals surface area contributed by atoms with Crippen molar-refractivity contribution in [1.82, 2.24) is 0 Å². The SMILES string of the molecule is CCS(=O)(=O)c1ccc(N(C)CCC(C)Cl)cc1. The van der Waals surface area contributed by atoms with Crippen LogP contribution in [0.25, 0.3) is 0 Å². The zero-order valence-corrected chi connectivity index (χ0v) is 12.6. The molecule has 0 fully saturated rings. The average Bonchev–Trinajstić information content (AvgIpc) is 2.36. The molecule has 0 aliphatic heterocycles. The summed E-state index contributed by atoms with van der Waals surface area (Å²) in [4.78, 5) is 2.45. The number of hydrogen-bond acceptors (Lipinski definition) is 3. The second kappa shape index (κ2) is 6.43. The lowest BCUT2D eigenvalue weighted by Gasteiger charge is -2.20. The Kier molecular flexibility index (Phi) is 5.47. The fourth-order valence-corrected chi connectivity index (χ4v) is 2.56. The van der Waals surface area contributed by atoms with E-state index in [-0.39, 0.29) is 11.1 Å². The fourth-order valence-electron chi connectivity index (χ4n) is 1.58. The molecule has 0 heterocycles. The van der Waals surface area contributed by atoms with Crippen LogP contribution in [0.2, 0.25) is 0 Å². The van der Waals surface area contributed by atoms with Gasteiger partial charge in [0.2, 0.25) is 0 Å². The maximum Gasteiger partial charge on any atom is 0.178 e. The highest BCUT2D eigenvalue weighted by Gasteiger charge is 2.11. The van der Waals surface area contributed by atoms with Gasteiger partial charge in [-0.3, -0.25) is 0 Å². The minimum atomic E-state index is -3.11. The number of sulfone groups is 1. The number of anilines is 1. The predicted octanol–water partition coefficient (Wildman–Crippen LogP) is 2.93. The Morgan fingerprint density at radius 3 is 2.28 bits per heavy atom. The lowest BCUT2D eigenvalue weighted by atomic mass is 10.2. The van der Waals surface area contributed by atoms with E-state index in [0.29, 0.717) is 4.90 Å². The Labute approximate surface area is 115 Å². The number of nitrogens with zero attached hydrogens (tertiary/aromatic N) is 1. The first-order valence-electron chi connectivity index (χ1n) is 6.05. The van der Waals surface area contributed by atoms with E-state index in [4.69, 9.17) is 11.6 Å². The molecule has 1 atom stereocenters. The fraction of sp³-hybridized carbons (Fsp3) is 0.538. The zero-order valence-electron chi connectivity index (χ0n) is 11.1. The summed E-state index contributed by atoms with van der Waals surface area (Å²) in [5.74, 6) is 0.131. The van der Waals surface area contributed by atoms with Gasteiger partial charge < -0.3 is 4.90 Å². The van der Waals surface area contributed by atoms with Crippen LogP contribution in [0.5, 0.6) is 0 Å². The second-order valence-corrected chi connectivity index (χ2v) is 7.41. The smallest absolute Gasteiger partial charge is 0.178 e. The molecule has 18 heavy (non-hydrogen) atoms. The van der Waals surface area contributed by atoms with Crippen LogP contribution >= 0.6 is 11.6 Å². The largest absolute Gasteiger partial charge is 0.375 e. The first-order valence-corrected chi connectivity index (χ1v) is 8.13. The van der Waals surface area contributed by atoms with E-state index in [1.807, 2.05) is 26.1 Å². The van der Waals surface area contributed by atoms with Gasteiger partial charge in [0.25, 0.3) is 0 Å². The van der Waals surface area contributed by atoms with Gasteiger partial charge in [-0.2, -0.15) is 0 Å². The Balaban J connectivity index is 2.77. The summed E-state index contributed by atoms with van der Waals surface area (Å²) in [7, 11) is -1.13. The first kappa shape index (κ1) is 15.3. The van der Waals surface area contributed by atoms with Crippen molar-refractivity contribution in [1.29, 1.82) is 0 Å². The molecule has 1 aromatic carbocycles. The average molecular weight is 290 g/mol. The molecule has 1 aromatic rings. The van der Waals surface area contributed by atoms with E-state index in [1.165, 1.54) is 0 Å². The molecule has 5 heteroatoms. The Morgan fingerprint density at radius 2 is 1.83 bits per heavy atom. The second-order valence-electron chi connectivity index (χ2n) is 4.39. The van der Waals surface area contributed by atoms with Gasteiger partial charge in [-0.05, 0) is 37.6 Å². The van der Waals surface area contributed by atoms with E-state index in [0.717, 1.165) is 18.7 Å². The Morgan fingerprint density at radius 1 is 1.28 bits per heavy atom. The summed E-state index contributed by atoms with van der Waals surface area (Å²) >= 11 is 5.91. The quantitative estimate of drug-likeness (QED) is 0.756. The van der Waals surface area contributed by atoms with Gasteiger partial charge in [0, 0.05) is 24.7 Å². The topological polar surface area (TPSA) is 37.4 Å². The maximum absolute atomic E-state index is 11.7. The summed E-state index contributed by atoms with van der Waals surface area (Å²) in [5.41, 5.74) is 1.00. The van der Waals surface area contributed by atoms with Crippen molar-refractivity contribution in [2.75, 3.05) is 24.2 Å². The van der Waals surface area contributed by atoms with Crippen molar-refractivity contribution in [3.05, 3.63) is 24.3 Å². The molecular weight excluding hydrogens is 270 g/mol. The molecule has 0 aliphatic carbocycles. The van der Waals surface area contributed by atoms with Crippen LogP contribution in [-0.4, -0.2) is 33.1 Å². The molecule has 1 rings (SSSR count). The summed E-state index contributed by atoms with van der Waals surface area (Å²) in [6.07, 6.45) is 0.896. The molecule has 0 spiro atoms. The van der Waals surface area contributed by atoms with Gasteiger partial charge in [0.15, 0.2) is 9.84 Å². The maximum atomic E-state index is 11.7. The first-order chi connectivity index (χ1) is 8.36. The molecule has 1 unspecified atom stereocenters. The van der Waals surface area contributed by atoms with Crippen molar-refractivity contribution in [2.45, 2.75) is 30.5 Å². The number of halogens is 1. The number of hydrogen-bond donors (Lipinski definition) is 0. The molecule has 102 valence electrons. The van der Waals surface area contributed by atoms with Crippen LogP contribution in [0.1, 0.15) is 20.3 Å². The predicted molar refractivity (Wildman–Crippen MR) is 77.4 cm³/mol. The molecule has 0 saturated carbocycles. The third-order valence-corrected chi connectivity index (χ3v) is 4.85. The van der Waals surface area contributed by atoms with Crippen molar-refractivity contribution in [2.24, 2.45) is 0 Å². The molecule has 0 saturated heterocycles. The normalized spacial score (nSPS) is 13.3. The summed E-state index contributed by atoms with van der Waals surface area (Å²) in [6.45, 7) is 4.47. The van der Waals surface area contributed by atoms with Crippen LogP contribution in [-0.2, 0) is 9.84 Å². The summed E-state index contributed by atoms with van der Waals surface area (Å²) < 4.78 is 23.3. The van der Waals surface area contributed by atoms with Gasteiger partial charge in [-0.25, -0.2) is 8.42 Å². The minimum absolute atomic E-state index is 0.131. The molecule has 0 bridgehead atoms. The van der Waals surface area contributed by atoms with Gasteiger partial charge >= 0.3 is 0 Å². The summed E-state index contributed by atoms with van der Waals surface area (Å²) in [5, 5.41) is 0.146. The van der Waals surface area contributed by atoms with Crippen LogP contribution in [0, 0.1) is 0 Å². The molecule has 3 nitrogen and oxygen atoms in total. The molecule has 0 amide bonds. The third kappa shape index (κ3) is 4.18. The van der Waals surface area contributed by atoms with Crippen molar-refractivity contribution < 1.29 is 8.42 Å². The lowest BCUT2D eigenvalue weighted by Crippen LogP contribution is -2.20. The van der Waals surface area contributed by atoms with Gasteiger partial charge in [0.1, 0.15) is 0 Å². The summed E-state index contributed by atoms with van der Waals surface area (Å²) in [6, 6.07) is 6.99. The van der Waals surface area contributed by atoms with Crippen LogP contribution in [0.4, 0.5) is 5.69 Å². The van der Waals surface area contributed by atoms with Gasteiger partial charge in [0.05, 0.1) is 10.6 Å². The highest BCUT2D eigenvalue weighted by molar-refractivity contribution is 7.91. The number of rotatable bonds is 6. The highest BCUT2D eigenvalue weighted by Crippen LogP contribution is 2.18. The zero-order chi connectivity index (χ0) is 13.8. The number of benzene rings is 1. The monoisotopic (exact) mass is 289 g/mol. The van der Waals surface area contributed by atoms with E-state index in [1.54, 1.807) is 19.1 Å². The van der Waals surface area contributed by atoms with E-state index in [9.17, 15) is 8.42 Å². The van der Waals surface area contributed by atoms with E-state index >= 15 is 0 Å². The molecule has 0 aliphatic rings. The van der Waals surface area contributed by atoms with Crippen molar-refractivity contribution >= 4 is 27.1 Å². The molecule has 0 aromatic heterocycles. The van der Waals surface area contributed by atoms with Crippen LogP contribution in [0.15, 0.2) is 29.2 Å². The van der Waals surface area contributed by atoms with Crippen LogP contribution in [0.3, 0.4) is 0 Å². The van der Waals surface area contributed by atoms with Gasteiger partial charge in [-0.1, -0.05) is 6.92 Å². The standard InChI is InChI=1S/C13H20ClNO2S/c1-4-18(16,17)13-7-5-12(6-8-13)15(3)10-9-11(2)14/h5-8,11H,4,9-10H2,1-3H3. The Hall–Kier alpha value is -0.740. The lowest BCUT2D eigenvalue weighted by molar-refractivity contribution is 0.597. The van der Waals surface area contributed by atoms with E-state index < -0.39 is 9.84 Å². The van der Waals surface area contributed by atoms with Crippen molar-refractivity contribution in [3.63, 3.8) is 0 Å². The molecule has 0 radical (unpaired) electrons. The highest BCUT2D eigenvalue weighted by atomic mass is 35.5. The number of alkyl halides is 1. The molecule has 0 N–H and O–H groups in total.